The van der Waals surface area contributed by atoms with Crippen molar-refractivity contribution in [2.45, 2.75) is 0 Å². The molecule has 25 heavy (non-hydrogen) atoms. The second kappa shape index (κ2) is 5.83. The van der Waals surface area contributed by atoms with Crippen molar-refractivity contribution in [3.63, 3.8) is 0 Å². The molecular weight excluding hydrogens is 312 g/mol. The highest BCUT2D eigenvalue weighted by atomic mass is 16.5. The number of fused-ring (bicyclic) bond motifs is 2. The Morgan fingerprint density at radius 1 is 0.720 bits per heavy atom. The molecule has 0 aliphatic rings. The van der Waals surface area contributed by atoms with Crippen LogP contribution >= 0.6 is 0 Å². The van der Waals surface area contributed by atoms with Crippen molar-refractivity contribution in [3.8, 4) is 5.75 Å². The van der Waals surface area contributed by atoms with Gasteiger partial charge in [-0.3, -0.25) is 0 Å². The molecule has 0 fully saturated rings. The van der Waals surface area contributed by atoms with E-state index >= 15 is 0 Å². The van der Waals surface area contributed by atoms with Crippen LogP contribution in [0.4, 0.5) is 11.4 Å². The molecular formula is C21H16N2O2. The molecule has 4 N–H and O–H groups in total. The Morgan fingerprint density at radius 3 is 2.16 bits per heavy atom. The molecule has 0 atom stereocenters. The highest BCUT2D eigenvalue weighted by molar-refractivity contribution is 6.08. The Kier molecular flexibility index (Phi) is 3.51. The van der Waals surface area contributed by atoms with E-state index in [-0.39, 0.29) is 0 Å². The maximum absolute atomic E-state index is 12.8. The predicted octanol–water partition coefficient (Wildman–Crippen LogP) is 4.38. The summed E-state index contributed by atoms with van der Waals surface area (Å²) in [6, 6.07) is 22.3. The maximum Gasteiger partial charge on any atom is 0.344 e. The van der Waals surface area contributed by atoms with Crippen LogP contribution in [0.15, 0.2) is 72.8 Å². The summed E-state index contributed by atoms with van der Waals surface area (Å²) >= 11 is 0. The SMILES string of the molecule is Nc1cc(N)c2ccccc2c1OC(=O)c1cccc2ccccc12. The molecule has 0 aromatic heterocycles. The van der Waals surface area contributed by atoms with E-state index in [1.165, 1.54) is 0 Å². The smallest absolute Gasteiger partial charge is 0.344 e. The van der Waals surface area contributed by atoms with Gasteiger partial charge in [-0.1, -0.05) is 60.7 Å². The standard InChI is InChI=1S/C21H16N2O2/c22-18-12-19(23)20(16-10-4-3-9-15(16)18)25-21(24)17-11-5-7-13-6-1-2-8-14(13)17/h1-12H,22-23H2. The number of carbonyl (C=O) groups excluding carboxylic acids is 1. The van der Waals surface area contributed by atoms with Gasteiger partial charge in [-0.25, -0.2) is 4.79 Å². The van der Waals surface area contributed by atoms with E-state index in [9.17, 15) is 4.79 Å². The largest absolute Gasteiger partial charge is 0.420 e. The van der Waals surface area contributed by atoms with Gasteiger partial charge in [-0.2, -0.15) is 0 Å². The molecule has 0 unspecified atom stereocenters. The molecule has 0 spiro atoms. The van der Waals surface area contributed by atoms with E-state index in [0.29, 0.717) is 28.1 Å². The lowest BCUT2D eigenvalue weighted by molar-refractivity contribution is 0.0740. The molecule has 0 heterocycles. The number of hydrogen-bond acceptors (Lipinski definition) is 4. The van der Waals surface area contributed by atoms with Crippen LogP contribution in [0, 0.1) is 0 Å². The minimum absolute atomic E-state index is 0.336. The van der Waals surface area contributed by atoms with Crippen molar-refractivity contribution in [2.75, 3.05) is 11.5 Å². The highest BCUT2D eigenvalue weighted by Gasteiger charge is 2.17. The lowest BCUT2D eigenvalue weighted by atomic mass is 10.0. The summed E-state index contributed by atoms with van der Waals surface area (Å²) in [5, 5.41) is 3.34. The van der Waals surface area contributed by atoms with Gasteiger partial charge in [0.2, 0.25) is 0 Å². The van der Waals surface area contributed by atoms with E-state index in [0.717, 1.165) is 16.2 Å². The normalized spacial score (nSPS) is 10.9. The molecule has 0 saturated carbocycles. The Hall–Kier alpha value is -3.53. The molecule has 122 valence electrons. The molecule has 0 amide bonds. The second-order valence-electron chi connectivity index (χ2n) is 5.85. The third-order valence-electron chi connectivity index (χ3n) is 4.26. The fourth-order valence-electron chi connectivity index (χ4n) is 3.06. The van der Waals surface area contributed by atoms with Crippen molar-refractivity contribution in [2.24, 2.45) is 0 Å². The van der Waals surface area contributed by atoms with Gasteiger partial charge in [0.15, 0.2) is 5.75 Å². The Labute approximate surface area is 144 Å². The van der Waals surface area contributed by atoms with Gasteiger partial charge in [0.1, 0.15) is 0 Å². The molecule has 0 saturated heterocycles. The van der Waals surface area contributed by atoms with Gasteiger partial charge in [0.05, 0.1) is 11.3 Å². The van der Waals surface area contributed by atoms with Gasteiger partial charge in [0, 0.05) is 16.5 Å². The van der Waals surface area contributed by atoms with E-state index in [2.05, 4.69) is 0 Å². The highest BCUT2D eigenvalue weighted by Crippen LogP contribution is 2.36. The van der Waals surface area contributed by atoms with Gasteiger partial charge < -0.3 is 16.2 Å². The van der Waals surface area contributed by atoms with Crippen LogP contribution in [0.3, 0.4) is 0 Å². The van der Waals surface area contributed by atoms with Crippen molar-refractivity contribution < 1.29 is 9.53 Å². The van der Waals surface area contributed by atoms with Gasteiger partial charge >= 0.3 is 5.97 Å². The molecule has 0 radical (unpaired) electrons. The summed E-state index contributed by atoms with van der Waals surface area (Å²) in [5.41, 5.74) is 13.5. The summed E-state index contributed by atoms with van der Waals surface area (Å²) in [6.07, 6.45) is 0. The molecule has 4 aromatic carbocycles. The topological polar surface area (TPSA) is 78.3 Å². The van der Waals surface area contributed by atoms with E-state index in [1.807, 2.05) is 60.7 Å². The molecule has 0 aliphatic heterocycles. The number of carbonyl (C=O) groups is 1. The van der Waals surface area contributed by atoms with Crippen LogP contribution in [-0.2, 0) is 0 Å². The molecule has 0 bridgehead atoms. The summed E-state index contributed by atoms with van der Waals surface area (Å²) in [6.45, 7) is 0. The molecule has 0 aliphatic carbocycles. The van der Waals surface area contributed by atoms with Gasteiger partial charge in [-0.05, 0) is 22.9 Å². The van der Waals surface area contributed by atoms with E-state index < -0.39 is 5.97 Å². The maximum atomic E-state index is 12.8. The zero-order valence-electron chi connectivity index (χ0n) is 13.4. The number of nitrogen functional groups attached to an aromatic ring is 2. The zero-order valence-corrected chi connectivity index (χ0v) is 13.4. The summed E-state index contributed by atoms with van der Waals surface area (Å²) in [4.78, 5) is 12.8. The van der Waals surface area contributed by atoms with Crippen LogP contribution in [0.5, 0.6) is 5.75 Å². The number of benzene rings is 4. The number of nitrogens with two attached hydrogens (primary N) is 2. The third-order valence-corrected chi connectivity index (χ3v) is 4.26. The molecule has 4 rings (SSSR count). The second-order valence-corrected chi connectivity index (χ2v) is 5.85. The van der Waals surface area contributed by atoms with Crippen molar-refractivity contribution in [1.29, 1.82) is 0 Å². The number of anilines is 2. The minimum Gasteiger partial charge on any atom is -0.420 e. The Bertz CT molecular complexity index is 1110. The molecule has 4 aromatic rings. The average Bonchev–Trinajstić information content (AvgIpc) is 2.64. The van der Waals surface area contributed by atoms with Crippen LogP contribution in [0.1, 0.15) is 10.4 Å². The zero-order chi connectivity index (χ0) is 17.4. The van der Waals surface area contributed by atoms with Crippen LogP contribution in [0.2, 0.25) is 0 Å². The number of rotatable bonds is 2. The van der Waals surface area contributed by atoms with Crippen molar-refractivity contribution in [3.05, 3.63) is 78.4 Å². The summed E-state index contributed by atoms with van der Waals surface area (Å²) in [7, 11) is 0. The fourth-order valence-corrected chi connectivity index (χ4v) is 3.06. The fraction of sp³-hybridized carbons (Fsp3) is 0. The monoisotopic (exact) mass is 328 g/mol. The number of esters is 1. The lowest BCUT2D eigenvalue weighted by Crippen LogP contribution is -2.11. The van der Waals surface area contributed by atoms with Crippen LogP contribution in [-0.4, -0.2) is 5.97 Å². The lowest BCUT2D eigenvalue weighted by Gasteiger charge is -2.13. The van der Waals surface area contributed by atoms with Crippen molar-refractivity contribution >= 4 is 38.9 Å². The number of ether oxygens (including phenoxy) is 1. The first kappa shape index (κ1) is 15.0. The molecule has 4 heteroatoms. The van der Waals surface area contributed by atoms with E-state index in [4.69, 9.17) is 16.2 Å². The third kappa shape index (κ3) is 2.54. The van der Waals surface area contributed by atoms with Gasteiger partial charge in [-0.15, -0.1) is 0 Å². The number of hydrogen-bond donors (Lipinski definition) is 2. The Balaban J connectivity index is 1.83. The first-order valence-electron chi connectivity index (χ1n) is 7.92. The van der Waals surface area contributed by atoms with Crippen molar-refractivity contribution in [1.82, 2.24) is 0 Å². The predicted molar refractivity (Wildman–Crippen MR) is 102 cm³/mol. The first-order chi connectivity index (χ1) is 12.1. The molecule has 4 nitrogen and oxygen atoms in total. The first-order valence-corrected chi connectivity index (χ1v) is 7.92. The Morgan fingerprint density at radius 2 is 1.36 bits per heavy atom. The average molecular weight is 328 g/mol. The van der Waals surface area contributed by atoms with Gasteiger partial charge in [0.25, 0.3) is 0 Å². The summed E-state index contributed by atoms with van der Waals surface area (Å²) < 4.78 is 5.69. The minimum atomic E-state index is -0.446. The quantitative estimate of drug-likeness (QED) is 0.325. The van der Waals surface area contributed by atoms with Crippen LogP contribution < -0.4 is 16.2 Å². The van der Waals surface area contributed by atoms with Crippen LogP contribution in [0.25, 0.3) is 21.5 Å². The summed E-state index contributed by atoms with van der Waals surface area (Å²) in [5.74, 6) is -0.110. The van der Waals surface area contributed by atoms with E-state index in [1.54, 1.807) is 12.1 Å².